The molecule has 0 radical (unpaired) electrons. The van der Waals surface area contributed by atoms with Crippen LogP contribution in [-0.2, 0) is 0 Å². The first-order chi connectivity index (χ1) is 8.72. The number of hydrogen-bond donors (Lipinski definition) is 1. The molecular weight excluding hydrogens is 229 g/mol. The highest BCUT2D eigenvalue weighted by atomic mass is 19.1. The lowest BCUT2D eigenvalue weighted by atomic mass is 9.99. The lowest BCUT2D eigenvalue weighted by Gasteiger charge is -2.19. The van der Waals surface area contributed by atoms with Gasteiger partial charge < -0.3 is 10.1 Å². The molecule has 0 aliphatic rings. The number of unbranched alkanes of at least 4 members (excludes halogenated alkanes) is 3. The summed E-state index contributed by atoms with van der Waals surface area (Å²) >= 11 is 0. The second-order valence-electron chi connectivity index (χ2n) is 4.58. The molecule has 3 heteroatoms. The molecule has 0 aromatic heterocycles. The van der Waals surface area contributed by atoms with Crippen molar-refractivity contribution in [3.63, 3.8) is 0 Å². The molecule has 0 spiro atoms. The Morgan fingerprint density at radius 2 is 2.06 bits per heavy atom. The Morgan fingerprint density at radius 1 is 1.28 bits per heavy atom. The maximum atomic E-state index is 13.3. The SMILES string of the molecule is CCCCCCC(NC)c1cc(F)ccc1OC. The third kappa shape index (κ3) is 4.30. The van der Waals surface area contributed by atoms with E-state index in [1.165, 1.54) is 25.3 Å². The molecule has 1 atom stereocenters. The predicted molar refractivity (Wildman–Crippen MR) is 73.5 cm³/mol. The van der Waals surface area contributed by atoms with Crippen LogP contribution in [0.3, 0.4) is 0 Å². The van der Waals surface area contributed by atoms with E-state index in [0.717, 1.165) is 24.2 Å². The number of benzene rings is 1. The van der Waals surface area contributed by atoms with E-state index in [9.17, 15) is 4.39 Å². The Hall–Kier alpha value is -1.09. The lowest BCUT2D eigenvalue weighted by Crippen LogP contribution is -2.17. The summed E-state index contributed by atoms with van der Waals surface area (Å²) in [5.74, 6) is 0.547. The van der Waals surface area contributed by atoms with E-state index in [-0.39, 0.29) is 11.9 Å². The van der Waals surface area contributed by atoms with Gasteiger partial charge >= 0.3 is 0 Å². The Labute approximate surface area is 110 Å². The van der Waals surface area contributed by atoms with Gasteiger partial charge in [0.2, 0.25) is 0 Å². The predicted octanol–water partition coefficient (Wildman–Crippen LogP) is 4.07. The summed E-state index contributed by atoms with van der Waals surface area (Å²) in [5.41, 5.74) is 0.913. The van der Waals surface area contributed by atoms with E-state index in [4.69, 9.17) is 4.74 Å². The van der Waals surface area contributed by atoms with Gasteiger partial charge in [-0.25, -0.2) is 4.39 Å². The first-order valence-electron chi connectivity index (χ1n) is 6.73. The molecule has 0 amide bonds. The van der Waals surface area contributed by atoms with Crippen molar-refractivity contribution in [1.82, 2.24) is 5.32 Å². The van der Waals surface area contributed by atoms with E-state index >= 15 is 0 Å². The van der Waals surface area contributed by atoms with Crippen molar-refractivity contribution >= 4 is 0 Å². The lowest BCUT2D eigenvalue weighted by molar-refractivity contribution is 0.394. The molecule has 0 fully saturated rings. The van der Waals surface area contributed by atoms with Crippen LogP contribution in [0.15, 0.2) is 18.2 Å². The monoisotopic (exact) mass is 253 g/mol. The maximum Gasteiger partial charge on any atom is 0.123 e. The average Bonchev–Trinajstić information content (AvgIpc) is 2.39. The molecule has 1 N–H and O–H groups in total. The number of nitrogens with one attached hydrogen (secondary N) is 1. The largest absolute Gasteiger partial charge is 0.496 e. The highest BCUT2D eigenvalue weighted by Gasteiger charge is 2.14. The van der Waals surface area contributed by atoms with E-state index in [1.54, 1.807) is 19.2 Å². The maximum absolute atomic E-state index is 13.3. The molecule has 0 bridgehead atoms. The van der Waals surface area contributed by atoms with Crippen LogP contribution >= 0.6 is 0 Å². The molecule has 0 saturated heterocycles. The summed E-state index contributed by atoms with van der Waals surface area (Å²) in [6.07, 6.45) is 5.88. The summed E-state index contributed by atoms with van der Waals surface area (Å²) < 4.78 is 18.6. The van der Waals surface area contributed by atoms with E-state index in [2.05, 4.69) is 12.2 Å². The molecule has 0 aliphatic heterocycles. The minimum Gasteiger partial charge on any atom is -0.496 e. The van der Waals surface area contributed by atoms with Gasteiger partial charge in [-0.3, -0.25) is 0 Å². The van der Waals surface area contributed by atoms with Crippen molar-refractivity contribution in [1.29, 1.82) is 0 Å². The molecule has 102 valence electrons. The second kappa shape index (κ2) is 8.09. The molecule has 2 nitrogen and oxygen atoms in total. The fourth-order valence-corrected chi connectivity index (χ4v) is 2.21. The van der Waals surface area contributed by atoms with Gasteiger partial charge in [-0.05, 0) is 31.7 Å². The zero-order chi connectivity index (χ0) is 13.4. The molecule has 1 aromatic carbocycles. The van der Waals surface area contributed by atoms with Gasteiger partial charge in [-0.15, -0.1) is 0 Å². The van der Waals surface area contributed by atoms with Crippen molar-refractivity contribution in [3.8, 4) is 5.75 Å². The highest BCUT2D eigenvalue weighted by Crippen LogP contribution is 2.29. The minimum atomic E-state index is -0.209. The summed E-state index contributed by atoms with van der Waals surface area (Å²) in [4.78, 5) is 0. The van der Waals surface area contributed by atoms with Gasteiger partial charge in [-0.1, -0.05) is 32.6 Å². The highest BCUT2D eigenvalue weighted by molar-refractivity contribution is 5.36. The van der Waals surface area contributed by atoms with Crippen LogP contribution in [-0.4, -0.2) is 14.2 Å². The van der Waals surface area contributed by atoms with Crippen LogP contribution in [0.1, 0.15) is 50.6 Å². The number of ether oxygens (including phenoxy) is 1. The first-order valence-corrected chi connectivity index (χ1v) is 6.73. The summed E-state index contributed by atoms with van der Waals surface area (Å²) in [5, 5.41) is 3.25. The van der Waals surface area contributed by atoms with Crippen molar-refractivity contribution in [2.45, 2.75) is 45.1 Å². The van der Waals surface area contributed by atoms with Gasteiger partial charge in [0.1, 0.15) is 11.6 Å². The van der Waals surface area contributed by atoms with Crippen LogP contribution in [0.4, 0.5) is 4.39 Å². The van der Waals surface area contributed by atoms with E-state index in [1.807, 2.05) is 7.05 Å². The standard InChI is InChI=1S/C15H24FNO/c1-4-5-6-7-8-14(17-2)13-11-12(16)9-10-15(13)18-3/h9-11,14,17H,4-8H2,1-3H3. The number of hydrogen-bond acceptors (Lipinski definition) is 2. The second-order valence-corrected chi connectivity index (χ2v) is 4.58. The average molecular weight is 253 g/mol. The zero-order valence-corrected chi connectivity index (χ0v) is 11.6. The molecule has 18 heavy (non-hydrogen) atoms. The van der Waals surface area contributed by atoms with Crippen molar-refractivity contribution in [2.75, 3.05) is 14.2 Å². The van der Waals surface area contributed by atoms with Crippen LogP contribution in [0.5, 0.6) is 5.75 Å². The Balaban J connectivity index is 2.71. The molecule has 1 aromatic rings. The first kappa shape index (κ1) is 15.0. The summed E-state index contributed by atoms with van der Waals surface area (Å²) in [7, 11) is 3.54. The number of halogens is 1. The number of methoxy groups -OCH3 is 1. The minimum absolute atomic E-state index is 0.160. The quantitative estimate of drug-likeness (QED) is 0.705. The summed E-state index contributed by atoms with van der Waals surface area (Å²) in [6.45, 7) is 2.20. The third-order valence-corrected chi connectivity index (χ3v) is 3.26. The molecule has 1 rings (SSSR count). The molecular formula is C15H24FNO. The van der Waals surface area contributed by atoms with Crippen LogP contribution in [0, 0.1) is 5.82 Å². The fraction of sp³-hybridized carbons (Fsp3) is 0.600. The van der Waals surface area contributed by atoms with Gasteiger partial charge in [0, 0.05) is 11.6 Å². The zero-order valence-electron chi connectivity index (χ0n) is 11.6. The van der Waals surface area contributed by atoms with Gasteiger partial charge in [-0.2, -0.15) is 0 Å². The Bertz CT molecular complexity index is 354. The van der Waals surface area contributed by atoms with E-state index in [0.29, 0.717) is 0 Å². The molecule has 0 heterocycles. The molecule has 0 aliphatic carbocycles. The normalized spacial score (nSPS) is 12.4. The van der Waals surface area contributed by atoms with Crippen LogP contribution in [0.2, 0.25) is 0 Å². The van der Waals surface area contributed by atoms with Crippen LogP contribution < -0.4 is 10.1 Å². The topological polar surface area (TPSA) is 21.3 Å². The number of rotatable bonds is 8. The van der Waals surface area contributed by atoms with Gasteiger partial charge in [0.05, 0.1) is 7.11 Å². The molecule has 0 saturated carbocycles. The van der Waals surface area contributed by atoms with E-state index < -0.39 is 0 Å². The fourth-order valence-electron chi connectivity index (χ4n) is 2.21. The molecule has 1 unspecified atom stereocenters. The van der Waals surface area contributed by atoms with Crippen molar-refractivity contribution in [3.05, 3.63) is 29.6 Å². The Kier molecular flexibility index (Phi) is 6.73. The van der Waals surface area contributed by atoms with Crippen molar-refractivity contribution < 1.29 is 9.13 Å². The third-order valence-electron chi connectivity index (χ3n) is 3.26. The van der Waals surface area contributed by atoms with Crippen molar-refractivity contribution in [2.24, 2.45) is 0 Å². The van der Waals surface area contributed by atoms with Gasteiger partial charge in [0.25, 0.3) is 0 Å². The van der Waals surface area contributed by atoms with Gasteiger partial charge in [0.15, 0.2) is 0 Å². The Morgan fingerprint density at radius 3 is 2.67 bits per heavy atom. The smallest absolute Gasteiger partial charge is 0.123 e. The van der Waals surface area contributed by atoms with Crippen LogP contribution in [0.25, 0.3) is 0 Å². The summed E-state index contributed by atoms with van der Waals surface area (Å²) in [6, 6.07) is 4.86.